The van der Waals surface area contributed by atoms with Crippen molar-refractivity contribution in [3.63, 3.8) is 0 Å². The van der Waals surface area contributed by atoms with Crippen LogP contribution in [-0.2, 0) is 16.1 Å². The average Bonchev–Trinajstić information content (AvgIpc) is 3.25. The average molecular weight is 448 g/mol. The largest absolute Gasteiger partial charge is 0.493 e. The van der Waals surface area contributed by atoms with Crippen LogP contribution in [0.5, 0.6) is 17.2 Å². The highest BCUT2D eigenvalue weighted by Gasteiger charge is 2.15. The van der Waals surface area contributed by atoms with Gasteiger partial charge in [0.15, 0.2) is 11.5 Å². The van der Waals surface area contributed by atoms with E-state index in [-0.39, 0.29) is 12.6 Å². The summed E-state index contributed by atoms with van der Waals surface area (Å²) >= 11 is 0. The molecule has 2 heterocycles. The van der Waals surface area contributed by atoms with Crippen LogP contribution in [0, 0.1) is 0 Å². The van der Waals surface area contributed by atoms with Gasteiger partial charge in [-0.3, -0.25) is 4.79 Å². The van der Waals surface area contributed by atoms with Crippen LogP contribution in [0.2, 0.25) is 0 Å². The smallest absolute Gasteiger partial charge is 0.302 e. The molecule has 0 fully saturated rings. The third kappa shape index (κ3) is 4.52. The van der Waals surface area contributed by atoms with Gasteiger partial charge in [-0.1, -0.05) is 18.2 Å². The highest BCUT2D eigenvalue weighted by Crippen LogP contribution is 2.40. The number of carbonyl (C=O) groups is 1. The summed E-state index contributed by atoms with van der Waals surface area (Å²) in [6.07, 6.45) is 3.66. The Hall–Kier alpha value is -4.27. The summed E-state index contributed by atoms with van der Waals surface area (Å²) < 4.78 is 23.4. The highest BCUT2D eigenvalue weighted by molar-refractivity contribution is 5.79. The molecule has 4 rings (SSSR count). The molecule has 0 saturated heterocycles. The van der Waals surface area contributed by atoms with E-state index in [2.05, 4.69) is 10.3 Å². The lowest BCUT2D eigenvalue weighted by Gasteiger charge is -2.15. The lowest BCUT2D eigenvalue weighted by molar-refractivity contribution is -0.142. The third-order valence-electron chi connectivity index (χ3n) is 5.03. The standard InChI is InChI=1S/C24H24N4O5/c1-15(29)33-14-17-7-5-6-8-19(17)28-10-9-16-13-25-24(27-23(16)28)26-18-11-20(30-2)22(32-4)21(12-18)31-3/h5-13H,14H2,1-4H3,(H,25,26,27). The maximum atomic E-state index is 11.3. The van der Waals surface area contributed by atoms with Crippen LogP contribution >= 0.6 is 0 Å². The van der Waals surface area contributed by atoms with Gasteiger partial charge in [0.05, 0.1) is 27.0 Å². The second-order valence-corrected chi connectivity index (χ2v) is 7.11. The van der Waals surface area contributed by atoms with Crippen LogP contribution in [0.1, 0.15) is 12.5 Å². The number of para-hydroxylation sites is 1. The van der Waals surface area contributed by atoms with Gasteiger partial charge < -0.3 is 28.8 Å². The molecule has 0 bridgehead atoms. The van der Waals surface area contributed by atoms with E-state index in [1.165, 1.54) is 6.92 Å². The molecular formula is C24H24N4O5. The van der Waals surface area contributed by atoms with Crippen LogP contribution in [0.25, 0.3) is 16.7 Å². The number of rotatable bonds is 8. The first kappa shape index (κ1) is 21.9. The Balaban J connectivity index is 1.71. The molecular weight excluding hydrogens is 424 g/mol. The summed E-state index contributed by atoms with van der Waals surface area (Å²) in [6, 6.07) is 13.2. The molecule has 0 amide bonds. The van der Waals surface area contributed by atoms with Crippen molar-refractivity contribution in [3.8, 4) is 22.9 Å². The molecule has 0 saturated carbocycles. The first-order chi connectivity index (χ1) is 16.0. The first-order valence-electron chi connectivity index (χ1n) is 10.2. The lowest BCUT2D eigenvalue weighted by Crippen LogP contribution is -2.05. The number of fused-ring (bicyclic) bond motifs is 1. The van der Waals surface area contributed by atoms with Crippen molar-refractivity contribution in [2.75, 3.05) is 26.6 Å². The van der Waals surface area contributed by atoms with Crippen molar-refractivity contribution >= 4 is 28.6 Å². The molecule has 0 atom stereocenters. The SMILES string of the molecule is COc1cc(Nc2ncc3ccn(-c4ccccc4COC(C)=O)c3n2)cc(OC)c1OC. The summed E-state index contributed by atoms with van der Waals surface area (Å²) in [4.78, 5) is 20.4. The van der Waals surface area contributed by atoms with E-state index in [0.717, 1.165) is 16.6 Å². The van der Waals surface area contributed by atoms with Crippen molar-refractivity contribution in [2.24, 2.45) is 0 Å². The minimum atomic E-state index is -0.332. The number of nitrogens with zero attached hydrogens (tertiary/aromatic N) is 3. The van der Waals surface area contributed by atoms with E-state index in [4.69, 9.17) is 23.9 Å². The Bertz CT molecular complexity index is 1280. The number of hydrogen-bond donors (Lipinski definition) is 1. The zero-order valence-corrected chi connectivity index (χ0v) is 18.8. The van der Waals surface area contributed by atoms with E-state index in [9.17, 15) is 4.79 Å². The molecule has 0 spiro atoms. The number of carbonyl (C=O) groups excluding carboxylic acids is 1. The van der Waals surface area contributed by atoms with Crippen LogP contribution in [0.3, 0.4) is 0 Å². The van der Waals surface area contributed by atoms with E-state index < -0.39 is 0 Å². The number of hydrogen-bond acceptors (Lipinski definition) is 8. The number of esters is 1. The van der Waals surface area contributed by atoms with Gasteiger partial charge >= 0.3 is 5.97 Å². The maximum Gasteiger partial charge on any atom is 0.302 e. The van der Waals surface area contributed by atoms with Crippen LogP contribution in [0.4, 0.5) is 11.6 Å². The van der Waals surface area contributed by atoms with Crippen molar-refractivity contribution in [1.82, 2.24) is 14.5 Å². The quantitative estimate of drug-likeness (QED) is 0.400. The van der Waals surface area contributed by atoms with Crippen LogP contribution in [0.15, 0.2) is 54.9 Å². The van der Waals surface area contributed by atoms with Gasteiger partial charge in [0, 0.05) is 48.1 Å². The van der Waals surface area contributed by atoms with Crippen LogP contribution < -0.4 is 19.5 Å². The Labute approximate surface area is 190 Å². The summed E-state index contributed by atoms with van der Waals surface area (Å²) in [5.74, 6) is 1.60. The summed E-state index contributed by atoms with van der Waals surface area (Å²) in [5, 5.41) is 4.07. The van der Waals surface area contributed by atoms with Gasteiger partial charge in [0.25, 0.3) is 0 Å². The molecule has 2 aromatic heterocycles. The molecule has 170 valence electrons. The van der Waals surface area contributed by atoms with Gasteiger partial charge in [-0.15, -0.1) is 0 Å². The topological polar surface area (TPSA) is 96.7 Å². The number of methoxy groups -OCH3 is 3. The Kier molecular flexibility index (Phi) is 6.30. The fraction of sp³-hybridized carbons (Fsp3) is 0.208. The molecule has 0 aliphatic carbocycles. The van der Waals surface area contributed by atoms with Gasteiger partial charge in [-0.25, -0.2) is 4.98 Å². The van der Waals surface area contributed by atoms with Crippen LogP contribution in [-0.4, -0.2) is 41.8 Å². The number of nitrogens with one attached hydrogen (secondary N) is 1. The fourth-order valence-corrected chi connectivity index (χ4v) is 3.50. The molecule has 2 aromatic carbocycles. The number of benzene rings is 2. The normalized spacial score (nSPS) is 10.7. The van der Waals surface area contributed by atoms with E-state index >= 15 is 0 Å². The summed E-state index contributed by atoms with van der Waals surface area (Å²) in [6.45, 7) is 1.56. The highest BCUT2D eigenvalue weighted by atomic mass is 16.5. The van der Waals surface area contributed by atoms with Crippen molar-refractivity contribution in [1.29, 1.82) is 0 Å². The second kappa shape index (κ2) is 9.47. The van der Waals surface area contributed by atoms with Crippen molar-refractivity contribution in [2.45, 2.75) is 13.5 Å². The molecule has 0 aliphatic rings. The van der Waals surface area contributed by atoms with Crippen molar-refractivity contribution in [3.05, 3.63) is 60.4 Å². The van der Waals surface area contributed by atoms with Gasteiger partial charge in [0.2, 0.25) is 11.7 Å². The zero-order chi connectivity index (χ0) is 23.4. The van der Waals surface area contributed by atoms with E-state index in [1.807, 2.05) is 41.1 Å². The molecule has 4 aromatic rings. The lowest BCUT2D eigenvalue weighted by atomic mass is 10.2. The molecule has 0 aliphatic heterocycles. The summed E-state index contributed by atoms with van der Waals surface area (Å²) in [7, 11) is 4.67. The molecule has 0 unspecified atom stereocenters. The predicted molar refractivity (Wildman–Crippen MR) is 124 cm³/mol. The Morgan fingerprint density at radius 3 is 2.42 bits per heavy atom. The van der Waals surface area contributed by atoms with Gasteiger partial charge in [-0.2, -0.15) is 4.98 Å². The first-order valence-corrected chi connectivity index (χ1v) is 10.2. The molecule has 9 heteroatoms. The number of ether oxygens (including phenoxy) is 4. The van der Waals surface area contributed by atoms with Crippen molar-refractivity contribution < 1.29 is 23.7 Å². The van der Waals surface area contributed by atoms with Gasteiger partial charge in [-0.05, 0) is 12.1 Å². The third-order valence-corrected chi connectivity index (χ3v) is 5.03. The number of anilines is 2. The molecule has 0 radical (unpaired) electrons. The van der Waals surface area contributed by atoms with Gasteiger partial charge in [0.1, 0.15) is 12.3 Å². The minimum absolute atomic E-state index is 0.173. The fourth-order valence-electron chi connectivity index (χ4n) is 3.50. The number of aromatic nitrogens is 3. The van der Waals surface area contributed by atoms with E-state index in [1.54, 1.807) is 39.7 Å². The molecule has 1 N–H and O–H groups in total. The van der Waals surface area contributed by atoms with E-state index in [0.29, 0.717) is 34.5 Å². The Morgan fingerprint density at radius 2 is 1.76 bits per heavy atom. The monoisotopic (exact) mass is 448 g/mol. The predicted octanol–water partition coefficient (Wildman–Crippen LogP) is 4.25. The minimum Gasteiger partial charge on any atom is -0.493 e. The molecule has 33 heavy (non-hydrogen) atoms. The maximum absolute atomic E-state index is 11.3. The summed E-state index contributed by atoms with van der Waals surface area (Å²) in [5.41, 5.74) is 3.11. The second-order valence-electron chi connectivity index (χ2n) is 7.11. The zero-order valence-electron chi connectivity index (χ0n) is 18.8. The molecule has 9 nitrogen and oxygen atoms in total. The Morgan fingerprint density at radius 1 is 1.03 bits per heavy atom.